The predicted octanol–water partition coefficient (Wildman–Crippen LogP) is 4.62. The van der Waals surface area contributed by atoms with Crippen molar-refractivity contribution in [2.75, 3.05) is 18.4 Å². The minimum atomic E-state index is -0.302. The Balaban J connectivity index is 1.40. The van der Waals surface area contributed by atoms with E-state index in [0.717, 1.165) is 25.7 Å². The maximum Gasteiger partial charge on any atom is 0.319 e. The average Bonchev–Trinajstić information content (AvgIpc) is 2.65. The minimum Gasteiger partial charge on any atom is -0.335 e. The fourth-order valence-corrected chi connectivity index (χ4v) is 4.13. The van der Waals surface area contributed by atoms with E-state index in [4.69, 9.17) is 23.2 Å². The van der Waals surface area contributed by atoms with Crippen LogP contribution < -0.4 is 16.0 Å². The van der Waals surface area contributed by atoms with Gasteiger partial charge in [-0.05, 0) is 43.9 Å². The molecule has 1 aromatic carbocycles. The Morgan fingerprint density at radius 3 is 2.26 bits per heavy atom. The summed E-state index contributed by atoms with van der Waals surface area (Å²) in [4.78, 5) is 26.4. The molecule has 3 rings (SSSR count). The highest BCUT2D eigenvalue weighted by Gasteiger charge is 2.25. The Hall–Kier alpha value is -1.66. The topological polar surface area (TPSA) is 73.5 Å². The van der Waals surface area contributed by atoms with Crippen molar-refractivity contribution in [2.45, 2.75) is 57.0 Å². The number of nitrogens with zero attached hydrogens (tertiary/aromatic N) is 1. The third-order valence-electron chi connectivity index (χ3n) is 5.23. The maximum absolute atomic E-state index is 12.4. The van der Waals surface area contributed by atoms with Crippen LogP contribution in [-0.4, -0.2) is 42.1 Å². The number of carbonyl (C=O) groups excluding carboxylic acids is 2. The number of amides is 4. The number of carbonyl (C=O) groups is 2. The van der Waals surface area contributed by atoms with Crippen LogP contribution >= 0.6 is 23.2 Å². The predicted molar refractivity (Wildman–Crippen MR) is 109 cm³/mol. The van der Waals surface area contributed by atoms with Gasteiger partial charge in [-0.3, -0.25) is 0 Å². The summed E-state index contributed by atoms with van der Waals surface area (Å²) in [7, 11) is 0. The van der Waals surface area contributed by atoms with Crippen LogP contribution in [-0.2, 0) is 0 Å². The number of benzene rings is 1. The zero-order valence-electron chi connectivity index (χ0n) is 15.3. The van der Waals surface area contributed by atoms with E-state index < -0.39 is 0 Å². The lowest BCUT2D eigenvalue weighted by molar-refractivity contribution is 0.170. The van der Waals surface area contributed by atoms with Crippen molar-refractivity contribution in [1.29, 1.82) is 0 Å². The van der Waals surface area contributed by atoms with Crippen molar-refractivity contribution in [2.24, 2.45) is 0 Å². The number of rotatable bonds is 3. The molecule has 4 amide bonds. The molecule has 27 heavy (non-hydrogen) atoms. The molecule has 3 N–H and O–H groups in total. The van der Waals surface area contributed by atoms with E-state index in [1.165, 1.54) is 19.3 Å². The number of halogens is 2. The highest BCUT2D eigenvalue weighted by Crippen LogP contribution is 2.25. The first-order valence-electron chi connectivity index (χ1n) is 9.59. The molecular formula is C19H26Cl2N4O2. The van der Waals surface area contributed by atoms with Crippen LogP contribution in [0.5, 0.6) is 0 Å². The molecular weight excluding hydrogens is 387 g/mol. The molecule has 148 valence electrons. The Kier molecular flexibility index (Phi) is 7.07. The van der Waals surface area contributed by atoms with E-state index in [-0.39, 0.29) is 18.1 Å². The first-order chi connectivity index (χ1) is 13.0. The second kappa shape index (κ2) is 9.51. The Morgan fingerprint density at radius 2 is 1.59 bits per heavy atom. The molecule has 2 fully saturated rings. The van der Waals surface area contributed by atoms with Crippen molar-refractivity contribution in [3.8, 4) is 0 Å². The van der Waals surface area contributed by atoms with Gasteiger partial charge in [0.1, 0.15) is 0 Å². The van der Waals surface area contributed by atoms with Crippen molar-refractivity contribution in [3.05, 3.63) is 28.2 Å². The lowest BCUT2D eigenvalue weighted by Crippen LogP contribution is -2.52. The van der Waals surface area contributed by atoms with E-state index >= 15 is 0 Å². The lowest BCUT2D eigenvalue weighted by Gasteiger charge is -2.34. The van der Waals surface area contributed by atoms with Gasteiger partial charge in [-0.15, -0.1) is 0 Å². The number of hydrogen-bond donors (Lipinski definition) is 3. The van der Waals surface area contributed by atoms with Gasteiger partial charge in [0.25, 0.3) is 0 Å². The smallest absolute Gasteiger partial charge is 0.319 e. The molecule has 0 aromatic heterocycles. The van der Waals surface area contributed by atoms with Gasteiger partial charge in [0.2, 0.25) is 0 Å². The molecule has 1 heterocycles. The monoisotopic (exact) mass is 412 g/mol. The van der Waals surface area contributed by atoms with Crippen molar-refractivity contribution < 1.29 is 9.59 Å². The first-order valence-corrected chi connectivity index (χ1v) is 10.3. The van der Waals surface area contributed by atoms with Crippen LogP contribution in [0.4, 0.5) is 15.3 Å². The summed E-state index contributed by atoms with van der Waals surface area (Å²) >= 11 is 11.9. The normalized spacial score (nSPS) is 18.8. The largest absolute Gasteiger partial charge is 0.335 e. The third kappa shape index (κ3) is 5.91. The van der Waals surface area contributed by atoms with Crippen molar-refractivity contribution in [3.63, 3.8) is 0 Å². The van der Waals surface area contributed by atoms with Crippen molar-refractivity contribution >= 4 is 41.0 Å². The van der Waals surface area contributed by atoms with Crippen LogP contribution in [0, 0.1) is 0 Å². The standard InChI is InChI=1S/C19H26Cl2N4O2/c20-13-6-7-17(16(21)12-13)24-18(26)22-15-8-10-25(11-9-15)19(27)23-14-4-2-1-3-5-14/h6-7,12,14-15H,1-5,8-11H2,(H,23,27)(H2,22,24,26). The van der Waals surface area contributed by atoms with Gasteiger partial charge in [0.15, 0.2) is 0 Å². The summed E-state index contributed by atoms with van der Waals surface area (Å²) in [5.74, 6) is 0. The van der Waals surface area contributed by atoms with Gasteiger partial charge in [-0.1, -0.05) is 42.5 Å². The van der Waals surface area contributed by atoms with Crippen LogP contribution in [0.25, 0.3) is 0 Å². The maximum atomic E-state index is 12.4. The van der Waals surface area contributed by atoms with E-state index in [0.29, 0.717) is 34.9 Å². The van der Waals surface area contributed by atoms with Crippen molar-refractivity contribution in [1.82, 2.24) is 15.5 Å². The highest BCUT2D eigenvalue weighted by atomic mass is 35.5. The number of hydrogen-bond acceptors (Lipinski definition) is 2. The molecule has 1 saturated heterocycles. The van der Waals surface area contributed by atoms with Gasteiger partial charge in [-0.2, -0.15) is 0 Å². The molecule has 1 aliphatic carbocycles. The molecule has 1 aromatic rings. The molecule has 0 radical (unpaired) electrons. The molecule has 1 saturated carbocycles. The van der Waals surface area contributed by atoms with Crippen LogP contribution in [0.3, 0.4) is 0 Å². The number of piperidine rings is 1. The fraction of sp³-hybridized carbons (Fsp3) is 0.579. The number of nitrogens with one attached hydrogen (secondary N) is 3. The fourth-order valence-electron chi connectivity index (χ4n) is 3.67. The van der Waals surface area contributed by atoms with E-state index in [2.05, 4.69) is 16.0 Å². The zero-order valence-corrected chi connectivity index (χ0v) is 16.8. The van der Waals surface area contributed by atoms with Gasteiger partial charge in [0.05, 0.1) is 10.7 Å². The Bertz CT molecular complexity index is 672. The quantitative estimate of drug-likeness (QED) is 0.677. The van der Waals surface area contributed by atoms with E-state index in [1.807, 2.05) is 4.90 Å². The lowest BCUT2D eigenvalue weighted by atomic mass is 9.95. The summed E-state index contributed by atoms with van der Waals surface area (Å²) in [5.41, 5.74) is 0.517. The number of likely N-dealkylation sites (tertiary alicyclic amines) is 1. The van der Waals surface area contributed by atoms with Gasteiger partial charge >= 0.3 is 12.1 Å². The molecule has 2 aliphatic rings. The molecule has 1 aliphatic heterocycles. The summed E-state index contributed by atoms with van der Waals surface area (Å²) in [6.45, 7) is 1.29. The highest BCUT2D eigenvalue weighted by molar-refractivity contribution is 6.36. The first kappa shape index (κ1) is 20.1. The Labute approximate surface area is 170 Å². The molecule has 0 unspecified atom stereocenters. The Morgan fingerprint density at radius 1 is 0.926 bits per heavy atom. The summed E-state index contributed by atoms with van der Waals surface area (Å²) < 4.78 is 0. The second-order valence-corrected chi connectivity index (χ2v) is 8.11. The number of anilines is 1. The van der Waals surface area contributed by atoms with Gasteiger partial charge < -0.3 is 20.9 Å². The van der Waals surface area contributed by atoms with Crippen LogP contribution in [0.2, 0.25) is 10.0 Å². The third-order valence-corrected chi connectivity index (χ3v) is 5.78. The summed E-state index contributed by atoms with van der Waals surface area (Å²) in [5, 5.41) is 9.75. The molecule has 0 bridgehead atoms. The minimum absolute atomic E-state index is 0.0257. The average molecular weight is 413 g/mol. The summed E-state index contributed by atoms with van der Waals surface area (Å²) in [6, 6.07) is 5.01. The van der Waals surface area contributed by atoms with Crippen LogP contribution in [0.1, 0.15) is 44.9 Å². The molecule has 8 heteroatoms. The molecule has 6 nitrogen and oxygen atoms in total. The SMILES string of the molecule is O=C(Nc1ccc(Cl)cc1Cl)NC1CCN(C(=O)NC2CCCCC2)CC1. The van der Waals surface area contributed by atoms with E-state index in [9.17, 15) is 9.59 Å². The second-order valence-electron chi connectivity index (χ2n) is 7.27. The van der Waals surface area contributed by atoms with Gasteiger partial charge in [-0.25, -0.2) is 9.59 Å². The number of urea groups is 2. The molecule has 0 atom stereocenters. The zero-order chi connectivity index (χ0) is 19.2. The van der Waals surface area contributed by atoms with Crippen LogP contribution in [0.15, 0.2) is 18.2 Å². The van der Waals surface area contributed by atoms with E-state index in [1.54, 1.807) is 18.2 Å². The molecule has 0 spiro atoms. The van der Waals surface area contributed by atoms with Gasteiger partial charge in [0, 0.05) is 30.2 Å². The summed E-state index contributed by atoms with van der Waals surface area (Å²) in [6.07, 6.45) is 7.30.